The summed E-state index contributed by atoms with van der Waals surface area (Å²) in [5, 5.41) is 3.40. The first-order valence-corrected chi connectivity index (χ1v) is 6.44. The van der Waals surface area contributed by atoms with Gasteiger partial charge in [-0.25, -0.2) is 4.98 Å². The Kier molecular flexibility index (Phi) is 2.69. The minimum atomic E-state index is 0.740. The second kappa shape index (κ2) is 4.18. The number of halogens is 1. The van der Waals surface area contributed by atoms with Gasteiger partial charge in [0.25, 0.3) is 0 Å². The van der Waals surface area contributed by atoms with Crippen molar-refractivity contribution in [2.45, 2.75) is 12.8 Å². The molecule has 0 aliphatic carbocycles. The third-order valence-electron chi connectivity index (χ3n) is 3.20. The van der Waals surface area contributed by atoms with Gasteiger partial charge in [0.05, 0.1) is 11.7 Å². The first-order chi connectivity index (χ1) is 7.83. The van der Waals surface area contributed by atoms with E-state index in [9.17, 15) is 0 Å². The monoisotopic (exact) mass is 279 g/mol. The topological polar surface area (TPSA) is 29.3 Å². The van der Waals surface area contributed by atoms with Crippen molar-refractivity contribution in [3.05, 3.63) is 34.8 Å². The summed E-state index contributed by atoms with van der Waals surface area (Å²) in [6.45, 7) is 2.28. The van der Waals surface area contributed by atoms with Gasteiger partial charge in [-0.2, -0.15) is 0 Å². The molecule has 3 heterocycles. The van der Waals surface area contributed by atoms with E-state index in [0.29, 0.717) is 0 Å². The van der Waals surface area contributed by atoms with Crippen LogP contribution >= 0.6 is 15.9 Å². The van der Waals surface area contributed by atoms with Crippen molar-refractivity contribution in [1.29, 1.82) is 0 Å². The lowest BCUT2D eigenvalue weighted by molar-refractivity contribution is 0.560. The van der Waals surface area contributed by atoms with Crippen LogP contribution in [0.2, 0.25) is 0 Å². The van der Waals surface area contributed by atoms with Gasteiger partial charge in [0.2, 0.25) is 0 Å². The van der Waals surface area contributed by atoms with Crippen LogP contribution in [0.15, 0.2) is 29.0 Å². The van der Waals surface area contributed by atoms with Gasteiger partial charge in [-0.1, -0.05) is 0 Å². The fourth-order valence-corrected chi connectivity index (χ4v) is 2.65. The Bertz CT molecular complexity index is 500. The fourth-order valence-electron chi connectivity index (χ4n) is 2.32. The van der Waals surface area contributed by atoms with E-state index in [1.54, 1.807) is 0 Å². The van der Waals surface area contributed by atoms with Crippen LogP contribution in [-0.2, 0) is 6.42 Å². The molecule has 2 aromatic rings. The zero-order valence-electron chi connectivity index (χ0n) is 8.99. The second-order valence-corrected chi connectivity index (χ2v) is 5.30. The number of hydrogen-bond donors (Lipinski definition) is 1. The maximum Gasteiger partial charge on any atom is 0.113 e. The first-order valence-electron chi connectivity index (χ1n) is 5.65. The maximum atomic E-state index is 4.51. The zero-order chi connectivity index (χ0) is 11.0. The molecule has 2 aromatic heterocycles. The van der Waals surface area contributed by atoms with Crippen LogP contribution in [-0.4, -0.2) is 22.5 Å². The summed E-state index contributed by atoms with van der Waals surface area (Å²) in [5.74, 6) is 1.91. The van der Waals surface area contributed by atoms with Crippen LogP contribution in [0.4, 0.5) is 0 Å². The molecule has 3 rings (SSSR count). The van der Waals surface area contributed by atoms with Crippen LogP contribution in [0.5, 0.6) is 0 Å². The van der Waals surface area contributed by atoms with E-state index in [1.165, 1.54) is 17.8 Å². The minimum Gasteiger partial charge on any atom is -0.316 e. The zero-order valence-corrected chi connectivity index (χ0v) is 10.6. The predicted octanol–water partition coefficient (Wildman–Crippen LogP) is 2.25. The number of rotatable bonds is 2. The number of hydrogen-bond acceptors (Lipinski definition) is 2. The van der Waals surface area contributed by atoms with E-state index in [4.69, 9.17) is 0 Å². The number of pyridine rings is 1. The van der Waals surface area contributed by atoms with E-state index >= 15 is 0 Å². The van der Waals surface area contributed by atoms with Crippen molar-refractivity contribution in [3.63, 3.8) is 0 Å². The molecule has 0 saturated carbocycles. The molecule has 1 saturated heterocycles. The Morgan fingerprint density at radius 2 is 2.44 bits per heavy atom. The quantitative estimate of drug-likeness (QED) is 0.914. The molecule has 4 heteroatoms. The largest absolute Gasteiger partial charge is 0.316 e. The highest BCUT2D eigenvalue weighted by Gasteiger charge is 2.17. The van der Waals surface area contributed by atoms with Gasteiger partial charge in [-0.15, -0.1) is 0 Å². The molecule has 0 spiro atoms. The molecular weight excluding hydrogens is 266 g/mol. The van der Waals surface area contributed by atoms with Crippen molar-refractivity contribution < 1.29 is 0 Å². The summed E-state index contributed by atoms with van der Waals surface area (Å²) in [4.78, 5) is 4.51. The minimum absolute atomic E-state index is 0.740. The third-order valence-corrected chi connectivity index (χ3v) is 3.67. The van der Waals surface area contributed by atoms with E-state index in [-0.39, 0.29) is 0 Å². The van der Waals surface area contributed by atoms with Crippen LogP contribution in [0.1, 0.15) is 12.2 Å². The molecule has 0 aromatic carbocycles. The number of nitrogens with zero attached hydrogens (tertiary/aromatic N) is 2. The van der Waals surface area contributed by atoms with Gasteiger partial charge in [0.15, 0.2) is 0 Å². The molecule has 1 N–H and O–H groups in total. The van der Waals surface area contributed by atoms with Crippen molar-refractivity contribution in [2.24, 2.45) is 5.92 Å². The smallest absolute Gasteiger partial charge is 0.113 e. The van der Waals surface area contributed by atoms with E-state index in [2.05, 4.69) is 49.0 Å². The third kappa shape index (κ3) is 1.87. The lowest BCUT2D eigenvalue weighted by atomic mass is 10.1. The lowest BCUT2D eigenvalue weighted by Gasteiger charge is -2.07. The number of imidazole rings is 1. The molecule has 1 aliphatic heterocycles. The highest BCUT2D eigenvalue weighted by atomic mass is 79.9. The molecule has 0 amide bonds. The Balaban J connectivity index is 1.93. The Morgan fingerprint density at radius 3 is 3.25 bits per heavy atom. The van der Waals surface area contributed by atoms with Gasteiger partial charge >= 0.3 is 0 Å². The summed E-state index contributed by atoms with van der Waals surface area (Å²) >= 11 is 3.50. The summed E-state index contributed by atoms with van der Waals surface area (Å²) in [6.07, 6.45) is 6.38. The molecule has 16 heavy (non-hydrogen) atoms. The summed E-state index contributed by atoms with van der Waals surface area (Å²) in [5.41, 5.74) is 1.17. The predicted molar refractivity (Wildman–Crippen MR) is 67.6 cm³/mol. The summed E-state index contributed by atoms with van der Waals surface area (Å²) in [7, 11) is 0. The number of aromatic nitrogens is 2. The average molecular weight is 280 g/mol. The molecule has 3 nitrogen and oxygen atoms in total. The van der Waals surface area contributed by atoms with Crippen molar-refractivity contribution in [3.8, 4) is 0 Å². The fraction of sp³-hybridized carbons (Fsp3) is 0.417. The van der Waals surface area contributed by atoms with Gasteiger partial charge in [0, 0.05) is 17.1 Å². The van der Waals surface area contributed by atoms with Crippen LogP contribution < -0.4 is 5.32 Å². The average Bonchev–Trinajstić information content (AvgIpc) is 2.90. The highest BCUT2D eigenvalue weighted by molar-refractivity contribution is 9.10. The van der Waals surface area contributed by atoms with Crippen molar-refractivity contribution >= 4 is 21.4 Å². The van der Waals surface area contributed by atoms with Crippen LogP contribution in [0, 0.1) is 5.92 Å². The lowest BCUT2D eigenvalue weighted by Crippen LogP contribution is -2.12. The molecule has 1 unspecified atom stereocenters. The van der Waals surface area contributed by atoms with Crippen LogP contribution in [0.3, 0.4) is 0 Å². The molecule has 1 aliphatic rings. The summed E-state index contributed by atoms with van der Waals surface area (Å²) in [6, 6.07) is 4.14. The van der Waals surface area contributed by atoms with E-state index in [1.807, 2.05) is 6.20 Å². The number of nitrogens with one attached hydrogen (secondary N) is 1. The molecule has 84 valence electrons. The number of fused-ring (bicyclic) bond motifs is 1. The SMILES string of the molecule is Brc1ccc2cnc(CC3CCNC3)n2c1. The Hall–Kier alpha value is -0.870. The molecule has 0 bridgehead atoms. The van der Waals surface area contributed by atoms with Crippen molar-refractivity contribution in [1.82, 2.24) is 14.7 Å². The first kappa shape index (κ1) is 10.3. The molecule has 0 radical (unpaired) electrons. The highest BCUT2D eigenvalue weighted by Crippen LogP contribution is 2.18. The van der Waals surface area contributed by atoms with Crippen LogP contribution in [0.25, 0.3) is 5.52 Å². The van der Waals surface area contributed by atoms with E-state index in [0.717, 1.165) is 29.9 Å². The normalized spacial score (nSPS) is 20.7. The Labute approximate surface area is 103 Å². The summed E-state index contributed by atoms with van der Waals surface area (Å²) < 4.78 is 3.28. The maximum absolute atomic E-state index is 4.51. The van der Waals surface area contributed by atoms with Gasteiger partial charge < -0.3 is 9.72 Å². The van der Waals surface area contributed by atoms with Crippen molar-refractivity contribution in [2.75, 3.05) is 13.1 Å². The van der Waals surface area contributed by atoms with Gasteiger partial charge in [0.1, 0.15) is 5.82 Å². The Morgan fingerprint density at radius 1 is 1.50 bits per heavy atom. The van der Waals surface area contributed by atoms with Gasteiger partial charge in [-0.05, 0) is 53.5 Å². The van der Waals surface area contributed by atoms with E-state index < -0.39 is 0 Å². The molecular formula is C12H14BrN3. The standard InChI is InChI=1S/C12H14BrN3/c13-10-1-2-11-7-15-12(16(11)8-10)5-9-3-4-14-6-9/h1-2,7-9,14H,3-6H2. The second-order valence-electron chi connectivity index (χ2n) is 4.38. The molecule has 1 fully saturated rings. The van der Waals surface area contributed by atoms with Gasteiger partial charge in [-0.3, -0.25) is 0 Å². The molecule has 1 atom stereocenters.